The molecule has 2 N–H and O–H groups in total. The van der Waals surface area contributed by atoms with Crippen LogP contribution in [0.2, 0.25) is 0 Å². The van der Waals surface area contributed by atoms with Crippen molar-refractivity contribution in [1.29, 1.82) is 0 Å². The quantitative estimate of drug-likeness (QED) is 0.794. The Morgan fingerprint density at radius 3 is 2.72 bits per heavy atom. The van der Waals surface area contributed by atoms with Crippen LogP contribution >= 0.6 is 27.5 Å². The molecule has 0 radical (unpaired) electrons. The van der Waals surface area contributed by atoms with Crippen LogP contribution in [-0.4, -0.2) is 22.6 Å². The third-order valence-electron chi connectivity index (χ3n) is 2.55. The second kappa shape index (κ2) is 6.87. The van der Waals surface area contributed by atoms with E-state index in [1.165, 1.54) is 11.5 Å². The van der Waals surface area contributed by atoms with Crippen molar-refractivity contribution in [3.05, 3.63) is 34.8 Å². The van der Waals surface area contributed by atoms with Crippen LogP contribution in [-0.2, 0) is 0 Å². The highest BCUT2D eigenvalue weighted by atomic mass is 79.9. The average Bonchev–Trinajstić information content (AvgIpc) is 2.77. The fourth-order valence-corrected chi connectivity index (χ4v) is 3.12. The number of aromatic nitrogens is 1. The number of hydrogen-bond acceptors (Lipinski definition) is 4. The minimum atomic E-state index is 0.251. The molecular formula is C13H15BrN2OS. The van der Waals surface area contributed by atoms with E-state index < -0.39 is 0 Å². The number of nitrogens with one attached hydrogen (secondary N) is 1. The average molecular weight is 327 g/mol. The smallest absolute Gasteiger partial charge is 0.124 e. The van der Waals surface area contributed by atoms with Crippen LogP contribution in [0.4, 0.5) is 5.00 Å². The first-order chi connectivity index (χ1) is 8.83. The Morgan fingerprint density at radius 2 is 2.00 bits per heavy atom. The molecule has 0 unspecified atom stereocenters. The van der Waals surface area contributed by atoms with Gasteiger partial charge in [0, 0.05) is 18.7 Å². The van der Waals surface area contributed by atoms with Crippen LogP contribution < -0.4 is 5.32 Å². The zero-order valence-corrected chi connectivity index (χ0v) is 12.3. The van der Waals surface area contributed by atoms with E-state index in [1.54, 1.807) is 0 Å². The number of nitrogens with zero attached hydrogens (tertiary/aromatic N) is 1. The Labute approximate surface area is 119 Å². The minimum absolute atomic E-state index is 0.251. The molecule has 0 saturated heterocycles. The van der Waals surface area contributed by atoms with E-state index in [1.807, 2.05) is 18.2 Å². The van der Waals surface area contributed by atoms with Crippen LogP contribution in [0.3, 0.4) is 0 Å². The van der Waals surface area contributed by atoms with Crippen molar-refractivity contribution in [3.63, 3.8) is 0 Å². The zero-order valence-electron chi connectivity index (χ0n) is 9.90. The maximum Gasteiger partial charge on any atom is 0.124 e. The highest BCUT2D eigenvalue weighted by Crippen LogP contribution is 2.36. The van der Waals surface area contributed by atoms with Gasteiger partial charge in [-0.1, -0.05) is 30.3 Å². The topological polar surface area (TPSA) is 45.1 Å². The van der Waals surface area contributed by atoms with Crippen molar-refractivity contribution in [3.8, 4) is 11.3 Å². The van der Waals surface area contributed by atoms with Gasteiger partial charge in [-0.3, -0.25) is 0 Å². The second-order valence-corrected chi connectivity index (χ2v) is 5.46. The lowest BCUT2D eigenvalue weighted by atomic mass is 10.1. The number of aliphatic hydroxyl groups excluding tert-OH is 1. The maximum absolute atomic E-state index is 8.72. The molecule has 1 aromatic carbocycles. The number of benzene rings is 1. The van der Waals surface area contributed by atoms with Crippen LogP contribution in [0.25, 0.3) is 11.3 Å². The molecule has 1 heterocycles. The van der Waals surface area contributed by atoms with Gasteiger partial charge in [-0.2, -0.15) is 4.37 Å². The predicted molar refractivity (Wildman–Crippen MR) is 80.1 cm³/mol. The first-order valence-corrected chi connectivity index (χ1v) is 7.45. The summed E-state index contributed by atoms with van der Waals surface area (Å²) in [5.74, 6) is 0. The molecule has 2 aromatic rings. The van der Waals surface area contributed by atoms with Gasteiger partial charge in [0.05, 0.1) is 4.47 Å². The summed E-state index contributed by atoms with van der Waals surface area (Å²) in [6, 6.07) is 10.1. The fraction of sp³-hybridized carbons (Fsp3) is 0.308. The summed E-state index contributed by atoms with van der Waals surface area (Å²) in [5, 5.41) is 13.1. The fourth-order valence-electron chi connectivity index (χ4n) is 1.60. The molecule has 0 aliphatic rings. The number of aliphatic hydroxyl groups is 1. The van der Waals surface area contributed by atoms with Crippen molar-refractivity contribution in [1.82, 2.24) is 4.37 Å². The lowest BCUT2D eigenvalue weighted by molar-refractivity contribution is 0.286. The van der Waals surface area contributed by atoms with E-state index in [0.29, 0.717) is 0 Å². The molecule has 0 spiro atoms. The lowest BCUT2D eigenvalue weighted by Crippen LogP contribution is -2.01. The summed E-state index contributed by atoms with van der Waals surface area (Å²) >= 11 is 5.05. The van der Waals surface area contributed by atoms with Gasteiger partial charge in [-0.05, 0) is 40.3 Å². The molecule has 5 heteroatoms. The van der Waals surface area contributed by atoms with E-state index in [2.05, 4.69) is 37.8 Å². The molecule has 3 nitrogen and oxygen atoms in total. The summed E-state index contributed by atoms with van der Waals surface area (Å²) < 4.78 is 5.48. The monoisotopic (exact) mass is 326 g/mol. The third-order valence-corrected chi connectivity index (χ3v) is 4.39. The second-order valence-electron chi connectivity index (χ2n) is 3.90. The van der Waals surface area contributed by atoms with Gasteiger partial charge in [0.1, 0.15) is 10.7 Å². The molecule has 0 amide bonds. The van der Waals surface area contributed by atoms with Gasteiger partial charge in [0.25, 0.3) is 0 Å². The standard InChI is InChI=1S/C13H15BrN2OS/c14-11-12(10-6-2-1-3-7-10)16-18-13(11)15-8-4-5-9-17/h1-3,6-7,15,17H,4-5,8-9H2. The number of rotatable bonds is 6. The largest absolute Gasteiger partial charge is 0.396 e. The van der Waals surface area contributed by atoms with E-state index in [-0.39, 0.29) is 6.61 Å². The molecule has 0 bridgehead atoms. The highest BCUT2D eigenvalue weighted by molar-refractivity contribution is 9.10. The van der Waals surface area contributed by atoms with Crippen molar-refractivity contribution in [2.45, 2.75) is 12.8 Å². The Balaban J connectivity index is 2.05. The molecule has 96 valence electrons. The highest BCUT2D eigenvalue weighted by Gasteiger charge is 2.12. The Hall–Kier alpha value is -0.910. The number of unbranched alkanes of at least 4 members (excludes halogenated alkanes) is 1. The molecule has 2 rings (SSSR count). The first kappa shape index (κ1) is 13.5. The van der Waals surface area contributed by atoms with E-state index >= 15 is 0 Å². The minimum Gasteiger partial charge on any atom is -0.396 e. The van der Waals surface area contributed by atoms with Crippen LogP contribution in [0.5, 0.6) is 0 Å². The SMILES string of the molecule is OCCCCNc1snc(-c2ccccc2)c1Br. The molecule has 0 aliphatic carbocycles. The Bertz CT molecular complexity index is 487. The van der Waals surface area contributed by atoms with E-state index in [9.17, 15) is 0 Å². The third kappa shape index (κ3) is 3.31. The predicted octanol–water partition coefficient (Wildman–Crippen LogP) is 3.76. The molecule has 0 saturated carbocycles. The molecule has 0 atom stereocenters. The van der Waals surface area contributed by atoms with Gasteiger partial charge in [0.2, 0.25) is 0 Å². The van der Waals surface area contributed by atoms with Crippen molar-refractivity contribution in [2.75, 3.05) is 18.5 Å². The summed E-state index contributed by atoms with van der Waals surface area (Å²) in [4.78, 5) is 0. The lowest BCUT2D eigenvalue weighted by Gasteiger charge is -2.03. The number of halogens is 1. The van der Waals surface area contributed by atoms with Gasteiger partial charge in [-0.25, -0.2) is 0 Å². The van der Waals surface area contributed by atoms with Crippen molar-refractivity contribution >= 4 is 32.5 Å². The molecule has 1 aromatic heterocycles. The van der Waals surface area contributed by atoms with Crippen LogP contribution in [0.15, 0.2) is 34.8 Å². The van der Waals surface area contributed by atoms with Crippen molar-refractivity contribution < 1.29 is 5.11 Å². The summed E-state index contributed by atoms with van der Waals surface area (Å²) in [6.45, 7) is 1.11. The first-order valence-electron chi connectivity index (χ1n) is 5.88. The number of hydrogen-bond donors (Lipinski definition) is 2. The van der Waals surface area contributed by atoms with Crippen LogP contribution in [0.1, 0.15) is 12.8 Å². The summed E-state index contributed by atoms with van der Waals surface area (Å²) in [5.41, 5.74) is 2.09. The van der Waals surface area contributed by atoms with Gasteiger partial charge in [0.15, 0.2) is 0 Å². The zero-order chi connectivity index (χ0) is 12.8. The van der Waals surface area contributed by atoms with Gasteiger partial charge in [-0.15, -0.1) is 0 Å². The Morgan fingerprint density at radius 1 is 1.22 bits per heavy atom. The molecule has 0 fully saturated rings. The maximum atomic E-state index is 8.72. The van der Waals surface area contributed by atoms with Gasteiger partial charge >= 0.3 is 0 Å². The van der Waals surface area contributed by atoms with Crippen molar-refractivity contribution in [2.24, 2.45) is 0 Å². The van der Waals surface area contributed by atoms with E-state index in [4.69, 9.17) is 5.11 Å². The summed E-state index contributed by atoms with van der Waals surface area (Å²) in [6.07, 6.45) is 1.79. The molecule has 18 heavy (non-hydrogen) atoms. The summed E-state index contributed by atoms with van der Waals surface area (Å²) in [7, 11) is 0. The van der Waals surface area contributed by atoms with Crippen LogP contribution in [0, 0.1) is 0 Å². The number of anilines is 1. The normalized spacial score (nSPS) is 10.6. The molecule has 0 aliphatic heterocycles. The molecular weight excluding hydrogens is 312 g/mol. The van der Waals surface area contributed by atoms with Gasteiger partial charge < -0.3 is 10.4 Å². The Kier molecular flexibility index (Phi) is 5.16. The van der Waals surface area contributed by atoms with E-state index in [0.717, 1.165) is 40.1 Å².